The zero-order chi connectivity index (χ0) is 22.8. The Labute approximate surface area is 183 Å². The molecule has 2 aromatic rings. The number of ether oxygens (including phenoxy) is 2. The predicted octanol–water partition coefficient (Wildman–Crippen LogP) is 7.27. The van der Waals surface area contributed by atoms with Crippen molar-refractivity contribution in [3.63, 3.8) is 0 Å². The third-order valence-electron chi connectivity index (χ3n) is 5.51. The molecule has 0 atom stereocenters. The molecule has 0 aliphatic heterocycles. The van der Waals surface area contributed by atoms with Gasteiger partial charge in [0.1, 0.15) is 5.60 Å². The van der Waals surface area contributed by atoms with Crippen LogP contribution in [0.25, 0.3) is 10.8 Å². The highest BCUT2D eigenvalue weighted by Crippen LogP contribution is 2.36. The van der Waals surface area contributed by atoms with Crippen LogP contribution in [0, 0.1) is 10.8 Å². The fourth-order valence-electron chi connectivity index (χ4n) is 4.04. The molecule has 0 heterocycles. The van der Waals surface area contributed by atoms with Crippen LogP contribution in [-0.2, 0) is 19.9 Å². The summed E-state index contributed by atoms with van der Waals surface area (Å²) in [5, 5.41) is 2.44. The molecule has 0 fully saturated rings. The molecule has 3 heteroatoms. The first-order valence-electron chi connectivity index (χ1n) is 11.0. The summed E-state index contributed by atoms with van der Waals surface area (Å²) in [5.74, 6) is -0.142. The SMILES string of the molecule is CC(C)(C)CC(C)(C)C(=O)OC(C)(C)CCOC(C)(C)c1ccc2ccccc2c1. The van der Waals surface area contributed by atoms with Crippen molar-refractivity contribution in [1.29, 1.82) is 0 Å². The molecule has 0 aromatic heterocycles. The number of fused-ring (bicyclic) bond motifs is 1. The maximum Gasteiger partial charge on any atom is 0.312 e. The van der Waals surface area contributed by atoms with Gasteiger partial charge in [-0.3, -0.25) is 4.79 Å². The molecular formula is C27H40O3. The van der Waals surface area contributed by atoms with E-state index >= 15 is 0 Å². The van der Waals surface area contributed by atoms with E-state index in [1.807, 2.05) is 27.7 Å². The normalized spacial score (nSPS) is 13.5. The van der Waals surface area contributed by atoms with Crippen LogP contribution in [0.3, 0.4) is 0 Å². The van der Waals surface area contributed by atoms with Crippen molar-refractivity contribution in [2.45, 2.75) is 86.4 Å². The van der Waals surface area contributed by atoms with E-state index in [1.54, 1.807) is 0 Å². The first-order chi connectivity index (χ1) is 13.6. The van der Waals surface area contributed by atoms with E-state index in [0.717, 1.165) is 12.0 Å². The first-order valence-corrected chi connectivity index (χ1v) is 11.0. The number of hydrogen-bond acceptors (Lipinski definition) is 3. The van der Waals surface area contributed by atoms with Gasteiger partial charge in [0.25, 0.3) is 0 Å². The van der Waals surface area contributed by atoms with Crippen molar-refractivity contribution in [2.75, 3.05) is 6.61 Å². The Bertz CT molecular complexity index is 869. The molecule has 166 valence electrons. The minimum absolute atomic E-state index is 0.0691. The molecule has 0 N–H and O–H groups in total. The average Bonchev–Trinajstić information content (AvgIpc) is 2.58. The van der Waals surface area contributed by atoms with Crippen LogP contribution in [0.5, 0.6) is 0 Å². The third-order valence-corrected chi connectivity index (χ3v) is 5.51. The number of benzene rings is 2. The summed E-state index contributed by atoms with van der Waals surface area (Å²) in [4.78, 5) is 12.8. The average molecular weight is 413 g/mol. The summed E-state index contributed by atoms with van der Waals surface area (Å²) in [6.07, 6.45) is 1.42. The highest BCUT2D eigenvalue weighted by atomic mass is 16.6. The van der Waals surface area contributed by atoms with E-state index in [2.05, 4.69) is 77.1 Å². The molecule has 0 bridgehead atoms. The highest BCUT2D eigenvalue weighted by molar-refractivity contribution is 5.83. The monoisotopic (exact) mass is 412 g/mol. The maximum atomic E-state index is 12.8. The van der Waals surface area contributed by atoms with Crippen molar-refractivity contribution in [1.82, 2.24) is 0 Å². The Kier molecular flexibility index (Phi) is 7.08. The van der Waals surface area contributed by atoms with Crippen LogP contribution in [0.1, 0.15) is 80.7 Å². The molecule has 2 rings (SSSR count). The van der Waals surface area contributed by atoms with Gasteiger partial charge in [-0.1, -0.05) is 57.2 Å². The van der Waals surface area contributed by atoms with Crippen molar-refractivity contribution in [2.24, 2.45) is 10.8 Å². The van der Waals surface area contributed by atoms with Crippen LogP contribution < -0.4 is 0 Å². The van der Waals surface area contributed by atoms with Crippen molar-refractivity contribution >= 4 is 16.7 Å². The lowest BCUT2D eigenvalue weighted by Crippen LogP contribution is -2.38. The zero-order valence-corrected chi connectivity index (χ0v) is 20.4. The molecule has 3 nitrogen and oxygen atoms in total. The van der Waals surface area contributed by atoms with Gasteiger partial charge >= 0.3 is 5.97 Å². The quantitative estimate of drug-likeness (QED) is 0.428. The van der Waals surface area contributed by atoms with E-state index in [4.69, 9.17) is 9.47 Å². The summed E-state index contributed by atoms with van der Waals surface area (Å²) in [6, 6.07) is 14.8. The Morgan fingerprint density at radius 1 is 0.833 bits per heavy atom. The molecule has 2 aromatic carbocycles. The number of esters is 1. The molecular weight excluding hydrogens is 372 g/mol. The second-order valence-corrected chi connectivity index (χ2v) is 11.4. The summed E-state index contributed by atoms with van der Waals surface area (Å²) in [5.41, 5.74) is -0.302. The summed E-state index contributed by atoms with van der Waals surface area (Å²) < 4.78 is 12.2. The topological polar surface area (TPSA) is 35.5 Å². The smallest absolute Gasteiger partial charge is 0.312 e. The summed E-state index contributed by atoms with van der Waals surface area (Å²) >= 11 is 0. The van der Waals surface area contributed by atoms with Gasteiger partial charge in [-0.2, -0.15) is 0 Å². The molecule has 0 unspecified atom stereocenters. The van der Waals surface area contributed by atoms with Gasteiger partial charge in [0.2, 0.25) is 0 Å². The zero-order valence-electron chi connectivity index (χ0n) is 20.4. The molecule has 0 spiro atoms. The molecule has 0 aliphatic carbocycles. The standard InChI is InChI=1S/C27H40O3/c1-24(2,3)19-25(4,5)23(28)30-26(6,7)16-17-29-27(8,9)22-15-14-20-12-10-11-13-21(20)18-22/h10-15,18H,16-17,19H2,1-9H3. The molecule has 0 saturated heterocycles. The lowest BCUT2D eigenvalue weighted by Gasteiger charge is -2.35. The lowest BCUT2D eigenvalue weighted by molar-refractivity contribution is -0.171. The van der Waals surface area contributed by atoms with Gasteiger partial charge in [-0.05, 0) is 75.8 Å². The van der Waals surface area contributed by atoms with Crippen molar-refractivity contribution < 1.29 is 14.3 Å². The number of hydrogen-bond donors (Lipinski definition) is 0. The number of carbonyl (C=O) groups is 1. The number of rotatable bonds is 8. The Balaban J connectivity index is 1.97. The van der Waals surface area contributed by atoms with Gasteiger partial charge in [0, 0.05) is 6.42 Å². The fourth-order valence-corrected chi connectivity index (χ4v) is 4.04. The van der Waals surface area contributed by atoms with Gasteiger partial charge in [0.05, 0.1) is 17.6 Å². The van der Waals surface area contributed by atoms with Gasteiger partial charge in [0.15, 0.2) is 0 Å². The van der Waals surface area contributed by atoms with E-state index < -0.39 is 16.6 Å². The minimum atomic E-state index is -0.578. The number of carbonyl (C=O) groups excluding carboxylic acids is 1. The molecule has 0 saturated carbocycles. The van der Waals surface area contributed by atoms with Crippen molar-refractivity contribution in [3.05, 3.63) is 48.0 Å². The van der Waals surface area contributed by atoms with E-state index in [1.165, 1.54) is 10.8 Å². The maximum absolute atomic E-state index is 12.8. The van der Waals surface area contributed by atoms with Gasteiger partial charge in [-0.15, -0.1) is 0 Å². The predicted molar refractivity (Wildman–Crippen MR) is 126 cm³/mol. The molecule has 0 aliphatic rings. The third kappa shape index (κ3) is 6.84. The van der Waals surface area contributed by atoms with Gasteiger partial charge < -0.3 is 9.47 Å². The largest absolute Gasteiger partial charge is 0.459 e. The van der Waals surface area contributed by atoms with Crippen LogP contribution >= 0.6 is 0 Å². The van der Waals surface area contributed by atoms with Crippen LogP contribution in [0.2, 0.25) is 0 Å². The van der Waals surface area contributed by atoms with Crippen LogP contribution in [0.15, 0.2) is 42.5 Å². The van der Waals surface area contributed by atoms with E-state index in [0.29, 0.717) is 13.0 Å². The van der Waals surface area contributed by atoms with Crippen molar-refractivity contribution in [3.8, 4) is 0 Å². The fraction of sp³-hybridized carbons (Fsp3) is 0.593. The van der Waals surface area contributed by atoms with Gasteiger partial charge in [-0.25, -0.2) is 0 Å². The summed E-state index contributed by atoms with van der Waals surface area (Å²) in [6.45, 7) is 19.0. The van der Waals surface area contributed by atoms with Crippen LogP contribution in [-0.4, -0.2) is 18.2 Å². The first kappa shape index (κ1) is 24.4. The Hall–Kier alpha value is -1.87. The second-order valence-electron chi connectivity index (χ2n) is 11.4. The molecule has 30 heavy (non-hydrogen) atoms. The minimum Gasteiger partial charge on any atom is -0.459 e. The van der Waals surface area contributed by atoms with E-state index in [9.17, 15) is 4.79 Å². The second kappa shape index (κ2) is 8.70. The lowest BCUT2D eigenvalue weighted by atomic mass is 9.76. The van der Waals surface area contributed by atoms with E-state index in [-0.39, 0.29) is 11.4 Å². The van der Waals surface area contributed by atoms with Crippen LogP contribution in [0.4, 0.5) is 0 Å². The Morgan fingerprint density at radius 3 is 2.03 bits per heavy atom. The Morgan fingerprint density at radius 2 is 1.43 bits per heavy atom. The molecule has 0 amide bonds. The molecule has 0 radical (unpaired) electrons. The highest BCUT2D eigenvalue weighted by Gasteiger charge is 2.37. The summed E-state index contributed by atoms with van der Waals surface area (Å²) in [7, 11) is 0.